The molecule has 4 nitrogen and oxygen atoms in total. The average Bonchev–Trinajstić information content (AvgIpc) is 3.18. The Morgan fingerprint density at radius 2 is 1.87 bits per heavy atom. The van der Waals surface area contributed by atoms with Gasteiger partial charge in [-0.2, -0.15) is 0 Å². The van der Waals surface area contributed by atoms with E-state index in [4.69, 9.17) is 9.47 Å². The first kappa shape index (κ1) is 27.7. The quantitative estimate of drug-likeness (QED) is 0.243. The third-order valence-electron chi connectivity index (χ3n) is 7.68. The van der Waals surface area contributed by atoms with Crippen molar-refractivity contribution >= 4 is 5.97 Å². The first-order valence-corrected chi connectivity index (χ1v) is 13.6. The topological polar surface area (TPSA) is 55.8 Å². The molecule has 2 aliphatic carbocycles. The molecule has 0 amide bonds. The van der Waals surface area contributed by atoms with Crippen LogP contribution in [0.3, 0.4) is 0 Å². The predicted molar refractivity (Wildman–Crippen MR) is 152 cm³/mol. The van der Waals surface area contributed by atoms with Crippen LogP contribution in [0.2, 0.25) is 0 Å². The van der Waals surface area contributed by atoms with Crippen LogP contribution in [0.4, 0.5) is 0 Å². The SMILES string of the molecule is CC(C)(C)OC(=O)COc1ccc2c(c1)[C@@](C)(/C=C/C=C/[C@@H](O)C1(CC#Cc3ccccc3)CCC1)CC2. The minimum Gasteiger partial charge on any atom is -0.482 e. The second-order valence-corrected chi connectivity index (χ2v) is 11.9. The molecule has 0 aromatic heterocycles. The highest BCUT2D eigenvalue weighted by molar-refractivity contribution is 5.71. The van der Waals surface area contributed by atoms with Gasteiger partial charge in [0.05, 0.1) is 6.10 Å². The molecule has 4 rings (SSSR count). The summed E-state index contributed by atoms with van der Waals surface area (Å²) in [5.74, 6) is 6.84. The molecule has 0 aliphatic heterocycles. The summed E-state index contributed by atoms with van der Waals surface area (Å²) in [6, 6.07) is 16.1. The van der Waals surface area contributed by atoms with Gasteiger partial charge in [-0.25, -0.2) is 4.79 Å². The molecule has 0 unspecified atom stereocenters. The van der Waals surface area contributed by atoms with Crippen molar-refractivity contribution in [1.29, 1.82) is 0 Å². The third-order valence-corrected chi connectivity index (χ3v) is 7.68. The minimum atomic E-state index is -0.531. The summed E-state index contributed by atoms with van der Waals surface area (Å²) >= 11 is 0. The van der Waals surface area contributed by atoms with Gasteiger partial charge in [-0.3, -0.25) is 0 Å². The Bertz CT molecular complexity index is 1230. The fourth-order valence-corrected chi connectivity index (χ4v) is 5.30. The van der Waals surface area contributed by atoms with Gasteiger partial charge in [0.25, 0.3) is 0 Å². The molecular formula is C34H40O4. The van der Waals surface area contributed by atoms with Gasteiger partial charge in [-0.1, -0.05) is 73.8 Å². The van der Waals surface area contributed by atoms with Gasteiger partial charge < -0.3 is 14.6 Å². The maximum absolute atomic E-state index is 12.0. The Balaban J connectivity index is 1.37. The number of allylic oxidation sites excluding steroid dienone is 3. The van der Waals surface area contributed by atoms with E-state index in [1.807, 2.05) is 75.4 Å². The first-order valence-electron chi connectivity index (χ1n) is 13.6. The van der Waals surface area contributed by atoms with Crippen molar-refractivity contribution in [3.05, 3.63) is 89.5 Å². The van der Waals surface area contributed by atoms with Crippen molar-refractivity contribution in [2.45, 2.75) is 83.3 Å². The van der Waals surface area contributed by atoms with Gasteiger partial charge >= 0.3 is 5.97 Å². The monoisotopic (exact) mass is 512 g/mol. The predicted octanol–water partition coefficient (Wildman–Crippen LogP) is 6.70. The lowest BCUT2D eigenvalue weighted by atomic mass is 9.63. The smallest absolute Gasteiger partial charge is 0.344 e. The van der Waals surface area contributed by atoms with E-state index in [1.165, 1.54) is 11.1 Å². The molecule has 0 radical (unpaired) electrons. The number of hydrogen-bond acceptors (Lipinski definition) is 4. The van der Waals surface area contributed by atoms with Crippen LogP contribution in [0.25, 0.3) is 0 Å². The lowest BCUT2D eigenvalue weighted by Crippen LogP contribution is -2.40. The van der Waals surface area contributed by atoms with Gasteiger partial charge in [-0.15, -0.1) is 0 Å². The van der Waals surface area contributed by atoms with Crippen molar-refractivity contribution in [1.82, 2.24) is 0 Å². The fraction of sp³-hybridized carbons (Fsp3) is 0.441. The fourth-order valence-electron chi connectivity index (χ4n) is 5.30. The number of aryl methyl sites for hydroxylation is 1. The summed E-state index contributed by atoms with van der Waals surface area (Å²) in [6.07, 6.45) is 13.5. The largest absolute Gasteiger partial charge is 0.482 e. The summed E-state index contributed by atoms with van der Waals surface area (Å²) in [7, 11) is 0. The lowest BCUT2D eigenvalue weighted by molar-refractivity contribution is -0.157. The van der Waals surface area contributed by atoms with Crippen molar-refractivity contribution in [3.8, 4) is 17.6 Å². The van der Waals surface area contributed by atoms with E-state index >= 15 is 0 Å². The molecular weight excluding hydrogens is 472 g/mol. The van der Waals surface area contributed by atoms with Crippen LogP contribution in [-0.4, -0.2) is 29.4 Å². The number of esters is 1. The normalized spacial score (nSPS) is 20.9. The molecule has 0 bridgehead atoms. The number of aliphatic hydroxyl groups excluding tert-OH is 1. The second-order valence-electron chi connectivity index (χ2n) is 11.9. The molecule has 4 heteroatoms. The Kier molecular flexibility index (Phi) is 8.48. The Labute approximate surface area is 227 Å². The number of ether oxygens (including phenoxy) is 2. The second kappa shape index (κ2) is 11.6. The van der Waals surface area contributed by atoms with E-state index in [1.54, 1.807) is 0 Å². The molecule has 0 spiro atoms. The molecule has 38 heavy (non-hydrogen) atoms. The number of fused-ring (bicyclic) bond motifs is 1. The molecule has 1 N–H and O–H groups in total. The number of aliphatic hydroxyl groups is 1. The van der Waals surface area contributed by atoms with Crippen molar-refractivity contribution in [2.75, 3.05) is 6.61 Å². The van der Waals surface area contributed by atoms with Crippen molar-refractivity contribution in [2.24, 2.45) is 5.41 Å². The van der Waals surface area contributed by atoms with Crippen molar-refractivity contribution < 1.29 is 19.4 Å². The van der Waals surface area contributed by atoms with E-state index in [0.29, 0.717) is 12.2 Å². The molecule has 2 aliphatic rings. The van der Waals surface area contributed by atoms with Crippen LogP contribution in [0, 0.1) is 17.3 Å². The van der Waals surface area contributed by atoms with E-state index < -0.39 is 11.7 Å². The molecule has 2 atom stereocenters. The molecule has 1 saturated carbocycles. The summed E-state index contributed by atoms with van der Waals surface area (Å²) in [5.41, 5.74) is 2.73. The van der Waals surface area contributed by atoms with Gasteiger partial charge in [0, 0.05) is 22.8 Å². The highest BCUT2D eigenvalue weighted by atomic mass is 16.6. The highest BCUT2D eigenvalue weighted by Gasteiger charge is 2.41. The van der Waals surface area contributed by atoms with E-state index in [-0.39, 0.29) is 23.4 Å². The average molecular weight is 513 g/mol. The standard InChI is InChI=1S/C34H40O4/c1-32(2,3)38-31(36)25-37-28-17-16-27-18-23-33(4,29(27)24-28)19-9-8-15-30(35)34(21-11-22-34)20-10-14-26-12-6-5-7-13-26/h5-9,12-13,15-17,19,24,30,35H,11,18,20-23,25H2,1-4H3/b15-8+,19-9+/t30-,33+/m1/s1. The van der Waals surface area contributed by atoms with Crippen LogP contribution in [0.5, 0.6) is 5.75 Å². The lowest BCUT2D eigenvalue weighted by Gasteiger charge is -2.43. The van der Waals surface area contributed by atoms with E-state index in [2.05, 4.69) is 37.0 Å². The maximum atomic E-state index is 12.0. The Morgan fingerprint density at radius 1 is 1.11 bits per heavy atom. The summed E-state index contributed by atoms with van der Waals surface area (Å²) < 4.78 is 11.1. The van der Waals surface area contributed by atoms with Crippen LogP contribution >= 0.6 is 0 Å². The molecule has 0 saturated heterocycles. The summed E-state index contributed by atoms with van der Waals surface area (Å²) in [4.78, 5) is 12.0. The molecule has 2 aromatic rings. The van der Waals surface area contributed by atoms with Crippen LogP contribution in [-0.2, 0) is 21.4 Å². The molecule has 0 heterocycles. The Hall–Kier alpha value is -3.29. The van der Waals surface area contributed by atoms with Crippen LogP contribution in [0.1, 0.15) is 76.5 Å². The Morgan fingerprint density at radius 3 is 2.55 bits per heavy atom. The first-order chi connectivity index (χ1) is 18.1. The zero-order valence-corrected chi connectivity index (χ0v) is 23.1. The van der Waals surface area contributed by atoms with Crippen LogP contribution in [0.15, 0.2) is 72.8 Å². The summed E-state index contributed by atoms with van der Waals surface area (Å²) in [6.45, 7) is 7.65. The minimum absolute atomic E-state index is 0.110. The van der Waals surface area contributed by atoms with Crippen LogP contribution < -0.4 is 4.74 Å². The van der Waals surface area contributed by atoms with Gasteiger partial charge in [0.2, 0.25) is 0 Å². The number of carbonyl (C=O) groups is 1. The summed E-state index contributed by atoms with van der Waals surface area (Å²) in [5, 5.41) is 11.0. The number of benzene rings is 2. The van der Waals surface area contributed by atoms with Gasteiger partial charge in [0.1, 0.15) is 11.4 Å². The third kappa shape index (κ3) is 6.97. The zero-order valence-electron chi connectivity index (χ0n) is 23.1. The zero-order chi connectivity index (χ0) is 27.2. The number of carbonyl (C=O) groups excluding carboxylic acids is 1. The number of hydrogen-bond donors (Lipinski definition) is 1. The van der Waals surface area contributed by atoms with Crippen molar-refractivity contribution in [3.63, 3.8) is 0 Å². The molecule has 1 fully saturated rings. The van der Waals surface area contributed by atoms with E-state index in [0.717, 1.165) is 37.7 Å². The van der Waals surface area contributed by atoms with Gasteiger partial charge in [-0.05, 0) is 81.8 Å². The van der Waals surface area contributed by atoms with Gasteiger partial charge in [0.15, 0.2) is 6.61 Å². The maximum Gasteiger partial charge on any atom is 0.344 e. The molecule has 200 valence electrons. The van der Waals surface area contributed by atoms with E-state index in [9.17, 15) is 9.90 Å². The highest BCUT2D eigenvalue weighted by Crippen LogP contribution is 2.47. The molecule has 2 aromatic carbocycles. The number of rotatable bonds is 8.